The molecule has 0 aromatic heterocycles. The minimum Gasteiger partial charge on any atom is -0.406 e. The molecule has 0 heterocycles. The predicted molar refractivity (Wildman–Crippen MR) is 72.1 cm³/mol. The number of nitrogens with two attached hydrogens (primary N) is 1. The number of ether oxygens (including phenoxy) is 1. The van der Waals surface area contributed by atoms with Crippen molar-refractivity contribution in [2.75, 3.05) is 12.0 Å². The molecule has 0 saturated carbocycles. The summed E-state index contributed by atoms with van der Waals surface area (Å²) in [5.74, 6) is 5.09. The second kappa shape index (κ2) is 7.10. The molecule has 1 aromatic carbocycles. The molecule has 0 amide bonds. The van der Waals surface area contributed by atoms with Gasteiger partial charge in [0.2, 0.25) is 0 Å². The lowest BCUT2D eigenvalue weighted by Crippen LogP contribution is -2.28. The van der Waals surface area contributed by atoms with Crippen LogP contribution in [-0.2, 0) is 9.84 Å². The van der Waals surface area contributed by atoms with E-state index in [1.165, 1.54) is 24.3 Å². The molecule has 0 aliphatic carbocycles. The second-order valence-electron chi connectivity index (χ2n) is 4.61. The number of hydrogen-bond acceptors (Lipinski definition) is 5. The van der Waals surface area contributed by atoms with Crippen LogP contribution < -0.4 is 16.0 Å². The molecule has 120 valence electrons. The molecule has 1 atom stereocenters. The number of alkyl halides is 3. The number of rotatable bonds is 7. The van der Waals surface area contributed by atoms with Crippen LogP contribution >= 0.6 is 0 Å². The first kappa shape index (κ1) is 17.7. The van der Waals surface area contributed by atoms with E-state index in [9.17, 15) is 21.6 Å². The maximum atomic E-state index is 12.0. The Balaban J connectivity index is 2.65. The minimum atomic E-state index is -4.73. The Morgan fingerprint density at radius 2 is 1.86 bits per heavy atom. The van der Waals surface area contributed by atoms with Crippen molar-refractivity contribution in [2.24, 2.45) is 5.84 Å². The smallest absolute Gasteiger partial charge is 0.406 e. The number of hydrazine groups is 1. The summed E-state index contributed by atoms with van der Waals surface area (Å²) in [6, 6.07) is 4.93. The topological polar surface area (TPSA) is 81.4 Å². The Hall–Kier alpha value is -1.32. The van der Waals surface area contributed by atoms with E-state index in [4.69, 9.17) is 5.84 Å². The molecule has 1 rings (SSSR count). The van der Waals surface area contributed by atoms with Gasteiger partial charge in [-0.05, 0) is 30.5 Å². The Labute approximate surface area is 121 Å². The summed E-state index contributed by atoms with van der Waals surface area (Å²) in [7, 11) is -3.05. The van der Waals surface area contributed by atoms with Gasteiger partial charge in [-0.1, -0.05) is 12.1 Å². The van der Waals surface area contributed by atoms with Crippen molar-refractivity contribution in [3.8, 4) is 5.75 Å². The molecular formula is C12H17F3N2O3S. The van der Waals surface area contributed by atoms with Crippen LogP contribution in [0.15, 0.2) is 24.3 Å². The van der Waals surface area contributed by atoms with E-state index in [0.717, 1.165) is 6.26 Å². The van der Waals surface area contributed by atoms with Gasteiger partial charge in [0.05, 0.1) is 0 Å². The van der Waals surface area contributed by atoms with Crippen molar-refractivity contribution < 1.29 is 26.3 Å². The fourth-order valence-electron chi connectivity index (χ4n) is 1.80. The number of sulfone groups is 1. The van der Waals surface area contributed by atoms with E-state index >= 15 is 0 Å². The Morgan fingerprint density at radius 3 is 2.29 bits per heavy atom. The Kier molecular flexibility index (Phi) is 5.99. The first-order valence-corrected chi connectivity index (χ1v) is 8.16. The summed E-state index contributed by atoms with van der Waals surface area (Å²) in [6.07, 6.45) is -2.75. The number of halogens is 3. The summed E-state index contributed by atoms with van der Waals surface area (Å²) in [6.45, 7) is 0. The zero-order chi connectivity index (χ0) is 16.1. The highest BCUT2D eigenvalue weighted by Gasteiger charge is 2.31. The number of benzene rings is 1. The fraction of sp³-hybridized carbons (Fsp3) is 0.500. The average molecular weight is 326 g/mol. The van der Waals surface area contributed by atoms with E-state index in [0.29, 0.717) is 18.4 Å². The zero-order valence-corrected chi connectivity index (χ0v) is 12.2. The van der Waals surface area contributed by atoms with Crippen molar-refractivity contribution in [1.82, 2.24) is 5.43 Å². The molecule has 0 spiro atoms. The highest BCUT2D eigenvalue weighted by molar-refractivity contribution is 7.90. The van der Waals surface area contributed by atoms with Crippen LogP contribution in [0, 0.1) is 0 Å². The van der Waals surface area contributed by atoms with Crippen molar-refractivity contribution in [3.05, 3.63) is 29.8 Å². The maximum absolute atomic E-state index is 12.0. The molecule has 21 heavy (non-hydrogen) atoms. The molecule has 0 fully saturated rings. The van der Waals surface area contributed by atoms with Gasteiger partial charge in [0.15, 0.2) is 0 Å². The summed E-state index contributed by atoms with van der Waals surface area (Å²) in [4.78, 5) is 0. The molecule has 1 unspecified atom stereocenters. The van der Waals surface area contributed by atoms with E-state index in [2.05, 4.69) is 10.2 Å². The summed E-state index contributed by atoms with van der Waals surface area (Å²) in [5, 5.41) is 0. The highest BCUT2D eigenvalue weighted by atomic mass is 32.2. The second-order valence-corrected chi connectivity index (χ2v) is 6.87. The van der Waals surface area contributed by atoms with E-state index < -0.39 is 16.2 Å². The third kappa shape index (κ3) is 7.30. The van der Waals surface area contributed by atoms with Gasteiger partial charge in [-0.15, -0.1) is 13.2 Å². The van der Waals surface area contributed by atoms with Gasteiger partial charge in [0, 0.05) is 18.1 Å². The first-order valence-electron chi connectivity index (χ1n) is 6.10. The monoisotopic (exact) mass is 326 g/mol. The fourth-order valence-corrected chi connectivity index (χ4v) is 2.49. The van der Waals surface area contributed by atoms with Crippen LogP contribution in [0.25, 0.3) is 0 Å². The van der Waals surface area contributed by atoms with E-state index in [1.54, 1.807) is 0 Å². The van der Waals surface area contributed by atoms with E-state index in [-0.39, 0.29) is 17.5 Å². The summed E-state index contributed by atoms with van der Waals surface area (Å²) < 4.78 is 61.9. The summed E-state index contributed by atoms with van der Waals surface area (Å²) >= 11 is 0. The van der Waals surface area contributed by atoms with E-state index in [1.807, 2.05) is 0 Å². The van der Waals surface area contributed by atoms with Gasteiger partial charge in [0.25, 0.3) is 0 Å². The SMILES string of the molecule is CS(=O)(=O)CCCC(NN)c1ccc(OC(F)(F)F)cc1. The van der Waals surface area contributed by atoms with Gasteiger partial charge in [-0.2, -0.15) is 0 Å². The van der Waals surface area contributed by atoms with Gasteiger partial charge >= 0.3 is 6.36 Å². The van der Waals surface area contributed by atoms with Crippen LogP contribution in [0.4, 0.5) is 13.2 Å². The molecule has 9 heteroatoms. The first-order chi connectivity index (χ1) is 9.61. The lowest BCUT2D eigenvalue weighted by molar-refractivity contribution is -0.274. The molecule has 3 N–H and O–H groups in total. The molecule has 0 aliphatic heterocycles. The van der Waals surface area contributed by atoms with Crippen LogP contribution in [0.3, 0.4) is 0 Å². The molecule has 0 saturated heterocycles. The van der Waals surface area contributed by atoms with Crippen LogP contribution in [0.5, 0.6) is 5.75 Å². The third-order valence-corrected chi connectivity index (χ3v) is 3.76. The lowest BCUT2D eigenvalue weighted by atomic mass is 10.0. The van der Waals surface area contributed by atoms with Crippen molar-refractivity contribution in [3.63, 3.8) is 0 Å². The standard InChI is InChI=1S/C12H17F3N2O3S/c1-21(18,19)8-2-3-11(17-16)9-4-6-10(7-5-9)20-12(13,14)15/h4-7,11,17H,2-3,8,16H2,1H3. The third-order valence-electron chi connectivity index (χ3n) is 2.73. The molecule has 0 aliphatic rings. The molecular weight excluding hydrogens is 309 g/mol. The predicted octanol–water partition coefficient (Wildman–Crippen LogP) is 1.91. The van der Waals surface area contributed by atoms with Gasteiger partial charge in [-0.3, -0.25) is 11.3 Å². The normalized spacial score (nSPS) is 14.0. The number of nitrogens with one attached hydrogen (secondary N) is 1. The van der Waals surface area contributed by atoms with Crippen LogP contribution in [0.1, 0.15) is 24.4 Å². The Bertz CT molecular complexity index is 544. The highest BCUT2D eigenvalue weighted by Crippen LogP contribution is 2.25. The molecule has 0 radical (unpaired) electrons. The van der Waals surface area contributed by atoms with Crippen molar-refractivity contribution in [2.45, 2.75) is 25.2 Å². The minimum absolute atomic E-state index is 0.0282. The van der Waals surface area contributed by atoms with Gasteiger partial charge < -0.3 is 4.74 Å². The Morgan fingerprint density at radius 1 is 1.29 bits per heavy atom. The van der Waals surface area contributed by atoms with Crippen LogP contribution in [-0.4, -0.2) is 26.8 Å². The van der Waals surface area contributed by atoms with Gasteiger partial charge in [0.1, 0.15) is 15.6 Å². The zero-order valence-electron chi connectivity index (χ0n) is 11.4. The van der Waals surface area contributed by atoms with Crippen molar-refractivity contribution in [1.29, 1.82) is 0 Å². The molecule has 1 aromatic rings. The summed E-state index contributed by atoms with van der Waals surface area (Å²) in [5.41, 5.74) is 3.17. The van der Waals surface area contributed by atoms with Gasteiger partial charge in [-0.25, -0.2) is 8.42 Å². The van der Waals surface area contributed by atoms with Crippen molar-refractivity contribution >= 4 is 9.84 Å². The largest absolute Gasteiger partial charge is 0.573 e. The molecule has 5 nitrogen and oxygen atoms in total. The van der Waals surface area contributed by atoms with Crippen LogP contribution in [0.2, 0.25) is 0 Å². The number of hydrogen-bond donors (Lipinski definition) is 2. The average Bonchev–Trinajstić information content (AvgIpc) is 2.33. The quantitative estimate of drug-likeness (QED) is 0.591. The molecule has 0 bridgehead atoms. The lowest BCUT2D eigenvalue weighted by Gasteiger charge is -2.17. The maximum Gasteiger partial charge on any atom is 0.573 e.